The molecule has 0 atom stereocenters. The molecule has 0 saturated carbocycles. The molecule has 0 unspecified atom stereocenters. The van der Waals surface area contributed by atoms with Crippen LogP contribution >= 0.6 is 27.3 Å². The Morgan fingerprint density at radius 2 is 2.24 bits per heavy atom. The molecule has 1 heterocycles. The molecular formula is C12H12BrFN2S. The standard InChI is InChI=1S/C12H12BrFN2S/c1-7-11(4-5-15)17-12(16-7)9-3-2-8(14)6-10(9)13/h2-3,6H,4-5,15H2,1H3. The molecular weight excluding hydrogens is 303 g/mol. The Morgan fingerprint density at radius 1 is 1.47 bits per heavy atom. The quantitative estimate of drug-likeness (QED) is 0.941. The van der Waals surface area contributed by atoms with Crippen LogP contribution in [0.2, 0.25) is 0 Å². The van der Waals surface area contributed by atoms with E-state index in [-0.39, 0.29) is 5.82 Å². The highest BCUT2D eigenvalue weighted by Gasteiger charge is 2.11. The van der Waals surface area contributed by atoms with Crippen molar-refractivity contribution in [2.45, 2.75) is 13.3 Å². The summed E-state index contributed by atoms with van der Waals surface area (Å²) in [4.78, 5) is 5.69. The smallest absolute Gasteiger partial charge is 0.125 e. The predicted molar refractivity (Wildman–Crippen MR) is 72.7 cm³/mol. The molecule has 90 valence electrons. The number of nitrogens with zero attached hydrogens (tertiary/aromatic N) is 1. The molecule has 2 nitrogen and oxygen atoms in total. The Hall–Kier alpha value is -0.780. The zero-order valence-corrected chi connectivity index (χ0v) is 11.7. The second-order valence-electron chi connectivity index (χ2n) is 3.69. The predicted octanol–water partition coefficient (Wildman–Crippen LogP) is 3.52. The molecule has 0 aliphatic heterocycles. The summed E-state index contributed by atoms with van der Waals surface area (Å²) in [6.07, 6.45) is 0.836. The van der Waals surface area contributed by atoms with E-state index in [0.717, 1.165) is 27.2 Å². The summed E-state index contributed by atoms with van der Waals surface area (Å²) < 4.78 is 13.7. The molecule has 0 fully saturated rings. The van der Waals surface area contributed by atoms with Gasteiger partial charge < -0.3 is 5.73 Å². The van der Waals surface area contributed by atoms with Crippen LogP contribution in [-0.4, -0.2) is 11.5 Å². The molecule has 0 saturated heterocycles. The van der Waals surface area contributed by atoms with Crippen molar-refractivity contribution in [1.82, 2.24) is 4.98 Å². The normalized spacial score (nSPS) is 10.8. The van der Waals surface area contributed by atoms with Gasteiger partial charge in [-0.15, -0.1) is 11.3 Å². The second kappa shape index (κ2) is 5.25. The van der Waals surface area contributed by atoms with Crippen molar-refractivity contribution in [3.05, 3.63) is 39.1 Å². The average Bonchev–Trinajstić information content (AvgIpc) is 2.60. The van der Waals surface area contributed by atoms with Crippen LogP contribution in [0.15, 0.2) is 22.7 Å². The lowest BCUT2D eigenvalue weighted by atomic mass is 10.2. The van der Waals surface area contributed by atoms with Crippen LogP contribution < -0.4 is 5.73 Å². The first-order valence-electron chi connectivity index (χ1n) is 5.23. The molecule has 0 amide bonds. The summed E-state index contributed by atoms with van der Waals surface area (Å²) in [5.74, 6) is -0.254. The number of nitrogens with two attached hydrogens (primary N) is 1. The number of aryl methyl sites for hydroxylation is 1. The molecule has 0 aliphatic rings. The van der Waals surface area contributed by atoms with Crippen LogP contribution in [0.4, 0.5) is 4.39 Å². The Balaban J connectivity index is 2.42. The van der Waals surface area contributed by atoms with Gasteiger partial charge in [0.05, 0.1) is 5.69 Å². The first-order valence-corrected chi connectivity index (χ1v) is 6.84. The third-order valence-electron chi connectivity index (χ3n) is 2.43. The van der Waals surface area contributed by atoms with E-state index >= 15 is 0 Å². The Labute approximate surface area is 112 Å². The van der Waals surface area contributed by atoms with Gasteiger partial charge in [-0.05, 0) is 54.0 Å². The van der Waals surface area contributed by atoms with E-state index < -0.39 is 0 Å². The van der Waals surface area contributed by atoms with Crippen molar-refractivity contribution in [1.29, 1.82) is 0 Å². The minimum Gasteiger partial charge on any atom is -0.330 e. The fraction of sp³-hybridized carbons (Fsp3) is 0.250. The first-order chi connectivity index (χ1) is 8.11. The van der Waals surface area contributed by atoms with E-state index in [9.17, 15) is 4.39 Å². The zero-order valence-electron chi connectivity index (χ0n) is 9.34. The lowest BCUT2D eigenvalue weighted by molar-refractivity contribution is 0.627. The van der Waals surface area contributed by atoms with Crippen molar-refractivity contribution in [3.63, 3.8) is 0 Å². The molecule has 0 aliphatic carbocycles. The molecule has 5 heteroatoms. The average molecular weight is 315 g/mol. The zero-order chi connectivity index (χ0) is 12.4. The number of benzene rings is 1. The van der Waals surface area contributed by atoms with Gasteiger partial charge >= 0.3 is 0 Å². The Morgan fingerprint density at radius 3 is 2.88 bits per heavy atom. The third-order valence-corrected chi connectivity index (χ3v) is 4.33. The number of aromatic nitrogens is 1. The van der Waals surface area contributed by atoms with Gasteiger partial charge in [-0.1, -0.05) is 0 Å². The highest BCUT2D eigenvalue weighted by molar-refractivity contribution is 9.10. The van der Waals surface area contributed by atoms with Crippen molar-refractivity contribution < 1.29 is 4.39 Å². The topological polar surface area (TPSA) is 38.9 Å². The van der Waals surface area contributed by atoms with Crippen LogP contribution in [0.5, 0.6) is 0 Å². The van der Waals surface area contributed by atoms with E-state index in [0.29, 0.717) is 6.54 Å². The van der Waals surface area contributed by atoms with E-state index in [1.54, 1.807) is 17.4 Å². The van der Waals surface area contributed by atoms with Gasteiger partial charge in [0, 0.05) is 14.9 Å². The lowest BCUT2D eigenvalue weighted by Crippen LogP contribution is -2.01. The van der Waals surface area contributed by atoms with Crippen LogP contribution in [0.1, 0.15) is 10.6 Å². The molecule has 0 spiro atoms. The number of hydrogen-bond donors (Lipinski definition) is 1. The maximum absolute atomic E-state index is 13.0. The minimum atomic E-state index is -0.254. The van der Waals surface area contributed by atoms with Crippen molar-refractivity contribution >= 4 is 27.3 Å². The fourth-order valence-electron chi connectivity index (χ4n) is 1.57. The van der Waals surface area contributed by atoms with Crippen LogP contribution in [0.3, 0.4) is 0 Å². The number of halogens is 2. The van der Waals surface area contributed by atoms with E-state index in [1.165, 1.54) is 17.0 Å². The van der Waals surface area contributed by atoms with E-state index in [2.05, 4.69) is 20.9 Å². The summed E-state index contributed by atoms with van der Waals surface area (Å²) in [5, 5.41) is 0.901. The summed E-state index contributed by atoms with van der Waals surface area (Å²) in [5.41, 5.74) is 7.47. The molecule has 2 aromatic rings. The molecule has 2 N–H and O–H groups in total. The van der Waals surface area contributed by atoms with Crippen LogP contribution in [0, 0.1) is 12.7 Å². The number of hydrogen-bond acceptors (Lipinski definition) is 3. The van der Waals surface area contributed by atoms with E-state index in [1.807, 2.05) is 6.92 Å². The van der Waals surface area contributed by atoms with Gasteiger partial charge in [0.1, 0.15) is 10.8 Å². The SMILES string of the molecule is Cc1nc(-c2ccc(F)cc2Br)sc1CCN. The number of thiazole rings is 1. The molecule has 1 aromatic heterocycles. The third kappa shape index (κ3) is 2.73. The Bertz CT molecular complexity index is 539. The van der Waals surface area contributed by atoms with Crippen molar-refractivity contribution in [2.24, 2.45) is 5.73 Å². The molecule has 0 radical (unpaired) electrons. The summed E-state index contributed by atoms with van der Waals surface area (Å²) >= 11 is 4.97. The molecule has 2 rings (SSSR count). The maximum atomic E-state index is 13.0. The molecule has 1 aromatic carbocycles. The maximum Gasteiger partial charge on any atom is 0.125 e. The van der Waals surface area contributed by atoms with Gasteiger partial charge in [0.25, 0.3) is 0 Å². The molecule has 17 heavy (non-hydrogen) atoms. The van der Waals surface area contributed by atoms with Gasteiger partial charge in [-0.2, -0.15) is 0 Å². The highest BCUT2D eigenvalue weighted by atomic mass is 79.9. The fourth-order valence-corrected chi connectivity index (χ4v) is 3.36. The van der Waals surface area contributed by atoms with Gasteiger partial charge in [-0.3, -0.25) is 0 Å². The summed E-state index contributed by atoms with van der Waals surface area (Å²) in [6, 6.07) is 4.64. The van der Waals surface area contributed by atoms with Gasteiger partial charge in [0.15, 0.2) is 0 Å². The summed E-state index contributed by atoms with van der Waals surface area (Å²) in [7, 11) is 0. The highest BCUT2D eigenvalue weighted by Crippen LogP contribution is 2.33. The van der Waals surface area contributed by atoms with Gasteiger partial charge in [0.2, 0.25) is 0 Å². The lowest BCUT2D eigenvalue weighted by Gasteiger charge is -1.99. The second-order valence-corrected chi connectivity index (χ2v) is 5.63. The number of rotatable bonds is 3. The van der Waals surface area contributed by atoms with Crippen LogP contribution in [0.25, 0.3) is 10.6 Å². The van der Waals surface area contributed by atoms with Crippen molar-refractivity contribution in [2.75, 3.05) is 6.54 Å². The molecule has 0 bridgehead atoms. The Kier molecular flexibility index (Phi) is 3.91. The van der Waals surface area contributed by atoms with Crippen LogP contribution in [-0.2, 0) is 6.42 Å². The monoisotopic (exact) mass is 314 g/mol. The largest absolute Gasteiger partial charge is 0.330 e. The van der Waals surface area contributed by atoms with Gasteiger partial charge in [-0.25, -0.2) is 9.37 Å². The first kappa shape index (κ1) is 12.7. The van der Waals surface area contributed by atoms with Crippen molar-refractivity contribution in [3.8, 4) is 10.6 Å². The summed E-state index contributed by atoms with van der Waals surface area (Å²) in [6.45, 7) is 2.59. The van der Waals surface area contributed by atoms with E-state index in [4.69, 9.17) is 5.73 Å². The minimum absolute atomic E-state index is 0.254.